The molecule has 0 aliphatic rings. The molecule has 2 rings (SSSR count). The Morgan fingerprint density at radius 1 is 1.12 bits per heavy atom. The lowest BCUT2D eigenvalue weighted by molar-refractivity contribution is 0.402. The van der Waals surface area contributed by atoms with Crippen LogP contribution in [0.4, 0.5) is 5.69 Å². The minimum atomic E-state index is -3.76. The molecule has 0 unspecified atom stereocenters. The first-order valence-corrected chi connectivity index (χ1v) is 9.99. The molecule has 0 aliphatic heterocycles. The zero-order chi connectivity index (χ0) is 18.8. The Morgan fingerprint density at radius 3 is 2.36 bits per heavy atom. The standard InChI is InChI=1S/C20H27NO3S/c1-7-16-10-8-9-14(4)20(16)21-25(22,23)19-12-17(13(2)3)15(5)11-18(19)24-6/h8-13,21H,7H2,1-6H3. The highest BCUT2D eigenvalue weighted by Crippen LogP contribution is 2.33. The maximum atomic E-state index is 13.1. The minimum Gasteiger partial charge on any atom is -0.495 e. The van der Waals surface area contributed by atoms with Crippen LogP contribution in [-0.2, 0) is 16.4 Å². The lowest BCUT2D eigenvalue weighted by Gasteiger charge is -2.18. The summed E-state index contributed by atoms with van der Waals surface area (Å²) in [5.74, 6) is 0.588. The highest BCUT2D eigenvalue weighted by atomic mass is 32.2. The van der Waals surface area contributed by atoms with E-state index in [1.54, 1.807) is 12.1 Å². The summed E-state index contributed by atoms with van der Waals surface area (Å²) in [4.78, 5) is 0.176. The van der Waals surface area contributed by atoms with Gasteiger partial charge in [0, 0.05) is 0 Å². The van der Waals surface area contributed by atoms with Crippen molar-refractivity contribution in [2.75, 3.05) is 11.8 Å². The summed E-state index contributed by atoms with van der Waals surface area (Å²) >= 11 is 0. The van der Waals surface area contributed by atoms with Gasteiger partial charge in [-0.15, -0.1) is 0 Å². The molecule has 0 heterocycles. The van der Waals surface area contributed by atoms with E-state index in [2.05, 4.69) is 18.6 Å². The summed E-state index contributed by atoms with van der Waals surface area (Å²) in [7, 11) is -2.26. The van der Waals surface area contributed by atoms with E-state index in [9.17, 15) is 8.42 Å². The molecule has 0 spiro atoms. The first-order chi connectivity index (χ1) is 11.7. The van der Waals surface area contributed by atoms with Crippen LogP contribution >= 0.6 is 0 Å². The molecule has 5 heteroatoms. The van der Waals surface area contributed by atoms with Crippen LogP contribution < -0.4 is 9.46 Å². The van der Waals surface area contributed by atoms with Crippen molar-refractivity contribution in [2.45, 2.75) is 51.9 Å². The van der Waals surface area contributed by atoms with Crippen molar-refractivity contribution in [3.8, 4) is 5.75 Å². The third-order valence-electron chi connectivity index (χ3n) is 4.44. The summed E-state index contributed by atoms with van der Waals surface area (Å²) in [5.41, 5.74) is 4.55. The van der Waals surface area contributed by atoms with Crippen LogP contribution in [-0.4, -0.2) is 15.5 Å². The Balaban J connectivity index is 2.59. The van der Waals surface area contributed by atoms with Crippen LogP contribution in [0.5, 0.6) is 5.75 Å². The van der Waals surface area contributed by atoms with Gasteiger partial charge in [-0.2, -0.15) is 0 Å². The topological polar surface area (TPSA) is 55.4 Å². The number of hydrogen-bond donors (Lipinski definition) is 1. The smallest absolute Gasteiger partial charge is 0.265 e. The highest BCUT2D eigenvalue weighted by molar-refractivity contribution is 7.92. The second-order valence-corrected chi connectivity index (χ2v) is 8.23. The van der Waals surface area contributed by atoms with Crippen LogP contribution in [0.1, 0.15) is 48.9 Å². The summed E-state index contributed by atoms with van der Waals surface area (Å²) in [6, 6.07) is 9.31. The summed E-state index contributed by atoms with van der Waals surface area (Å²) < 4.78 is 34.3. The Hall–Kier alpha value is -2.01. The van der Waals surface area contributed by atoms with E-state index in [0.29, 0.717) is 11.4 Å². The van der Waals surface area contributed by atoms with Gasteiger partial charge in [-0.3, -0.25) is 4.72 Å². The van der Waals surface area contributed by atoms with Crippen molar-refractivity contribution in [2.24, 2.45) is 0 Å². The number of ether oxygens (including phenoxy) is 1. The van der Waals surface area contributed by atoms with E-state index >= 15 is 0 Å². The van der Waals surface area contributed by atoms with Crippen LogP contribution in [0.3, 0.4) is 0 Å². The molecule has 0 saturated carbocycles. The van der Waals surface area contributed by atoms with Crippen molar-refractivity contribution in [3.05, 3.63) is 52.6 Å². The van der Waals surface area contributed by atoms with Crippen molar-refractivity contribution in [1.29, 1.82) is 0 Å². The Morgan fingerprint density at radius 2 is 1.80 bits per heavy atom. The fourth-order valence-electron chi connectivity index (χ4n) is 3.03. The average molecular weight is 362 g/mol. The molecular weight excluding hydrogens is 334 g/mol. The SMILES string of the molecule is CCc1cccc(C)c1NS(=O)(=O)c1cc(C(C)C)c(C)cc1OC. The van der Waals surface area contributed by atoms with Crippen LogP contribution in [0.25, 0.3) is 0 Å². The van der Waals surface area contributed by atoms with E-state index in [0.717, 1.165) is 28.7 Å². The molecule has 0 bridgehead atoms. The number of nitrogens with one attached hydrogen (secondary N) is 1. The van der Waals surface area contributed by atoms with Gasteiger partial charge in [-0.25, -0.2) is 8.42 Å². The van der Waals surface area contributed by atoms with E-state index in [4.69, 9.17) is 4.74 Å². The number of hydrogen-bond acceptors (Lipinski definition) is 3. The van der Waals surface area contributed by atoms with Gasteiger partial charge in [0.15, 0.2) is 0 Å². The fourth-order valence-corrected chi connectivity index (χ4v) is 4.39. The third-order valence-corrected chi connectivity index (χ3v) is 5.81. The maximum absolute atomic E-state index is 13.1. The predicted molar refractivity (Wildman–Crippen MR) is 103 cm³/mol. The maximum Gasteiger partial charge on any atom is 0.265 e. The molecule has 0 radical (unpaired) electrons. The normalized spacial score (nSPS) is 11.6. The van der Waals surface area contributed by atoms with Crippen LogP contribution in [0, 0.1) is 13.8 Å². The highest BCUT2D eigenvalue weighted by Gasteiger charge is 2.23. The molecule has 2 aromatic rings. The number of rotatable bonds is 6. The Kier molecular flexibility index (Phi) is 5.78. The molecule has 0 amide bonds. The largest absolute Gasteiger partial charge is 0.495 e. The Bertz CT molecular complexity index is 871. The van der Waals surface area contributed by atoms with Crippen molar-refractivity contribution >= 4 is 15.7 Å². The van der Waals surface area contributed by atoms with Gasteiger partial charge in [0.05, 0.1) is 12.8 Å². The van der Waals surface area contributed by atoms with Gasteiger partial charge < -0.3 is 4.74 Å². The molecule has 0 saturated heterocycles. The molecule has 136 valence electrons. The lowest BCUT2D eigenvalue weighted by atomic mass is 9.98. The van der Waals surface area contributed by atoms with Crippen LogP contribution in [0.15, 0.2) is 35.2 Å². The van der Waals surface area contributed by atoms with Crippen molar-refractivity contribution in [3.63, 3.8) is 0 Å². The molecular formula is C20H27NO3S. The van der Waals surface area contributed by atoms with E-state index in [1.807, 2.05) is 39.0 Å². The number of sulfonamides is 1. The third kappa shape index (κ3) is 3.98. The number of methoxy groups -OCH3 is 1. The molecule has 25 heavy (non-hydrogen) atoms. The second kappa shape index (κ2) is 7.48. The Labute approximate surface area is 151 Å². The van der Waals surface area contributed by atoms with E-state index in [1.165, 1.54) is 7.11 Å². The number of aryl methyl sites for hydroxylation is 3. The summed E-state index contributed by atoms with van der Waals surface area (Å²) in [6.45, 7) is 9.99. The van der Waals surface area contributed by atoms with Gasteiger partial charge in [-0.05, 0) is 60.6 Å². The number of anilines is 1. The molecule has 2 aromatic carbocycles. The number of benzene rings is 2. The molecule has 0 atom stereocenters. The summed E-state index contributed by atoms with van der Waals surface area (Å²) in [5, 5.41) is 0. The molecule has 1 N–H and O–H groups in total. The second-order valence-electron chi connectivity index (χ2n) is 6.58. The first kappa shape index (κ1) is 19.3. The molecule has 0 aromatic heterocycles. The fraction of sp³-hybridized carbons (Fsp3) is 0.400. The van der Waals surface area contributed by atoms with Crippen molar-refractivity contribution < 1.29 is 13.2 Å². The van der Waals surface area contributed by atoms with Gasteiger partial charge >= 0.3 is 0 Å². The zero-order valence-electron chi connectivity index (χ0n) is 15.8. The molecule has 4 nitrogen and oxygen atoms in total. The van der Waals surface area contributed by atoms with Gasteiger partial charge in [0.2, 0.25) is 0 Å². The zero-order valence-corrected chi connectivity index (χ0v) is 16.6. The van der Waals surface area contributed by atoms with Crippen LogP contribution in [0.2, 0.25) is 0 Å². The number of para-hydroxylation sites is 1. The quantitative estimate of drug-likeness (QED) is 0.804. The van der Waals surface area contributed by atoms with Crippen molar-refractivity contribution in [1.82, 2.24) is 0 Å². The molecule has 0 aliphatic carbocycles. The van der Waals surface area contributed by atoms with Gasteiger partial charge in [-0.1, -0.05) is 39.0 Å². The molecule has 0 fully saturated rings. The predicted octanol–water partition coefficient (Wildman–Crippen LogP) is 4.80. The van der Waals surface area contributed by atoms with E-state index < -0.39 is 10.0 Å². The van der Waals surface area contributed by atoms with Gasteiger partial charge in [0.1, 0.15) is 10.6 Å². The average Bonchev–Trinajstić information content (AvgIpc) is 2.55. The monoisotopic (exact) mass is 361 g/mol. The minimum absolute atomic E-state index is 0.176. The lowest BCUT2D eigenvalue weighted by Crippen LogP contribution is -2.17. The summed E-state index contributed by atoms with van der Waals surface area (Å²) in [6.07, 6.45) is 0.752. The van der Waals surface area contributed by atoms with E-state index in [-0.39, 0.29) is 10.8 Å². The first-order valence-electron chi connectivity index (χ1n) is 8.51. The van der Waals surface area contributed by atoms with Gasteiger partial charge in [0.25, 0.3) is 10.0 Å².